The molecular weight excluding hydrogens is 229 g/mol. The number of anilines is 1. The molecule has 2 unspecified atom stereocenters. The summed E-state index contributed by atoms with van der Waals surface area (Å²) in [5.41, 5.74) is 1.28. The van der Waals surface area contributed by atoms with E-state index in [0.29, 0.717) is 23.1 Å². The predicted octanol–water partition coefficient (Wildman–Crippen LogP) is 3.36. The van der Waals surface area contributed by atoms with Crippen LogP contribution >= 0.6 is 0 Å². The molecule has 1 N–H and O–H groups in total. The van der Waals surface area contributed by atoms with Crippen molar-refractivity contribution in [2.24, 2.45) is 11.8 Å². The minimum absolute atomic E-state index is 0.227. The Labute approximate surface area is 108 Å². The molecule has 3 heteroatoms. The van der Waals surface area contributed by atoms with Gasteiger partial charge in [-0.25, -0.2) is 4.39 Å². The van der Waals surface area contributed by atoms with Crippen molar-refractivity contribution in [3.05, 3.63) is 29.6 Å². The maximum Gasteiger partial charge on any atom is 0.146 e. The van der Waals surface area contributed by atoms with Crippen LogP contribution in [0.25, 0.3) is 0 Å². The van der Waals surface area contributed by atoms with Crippen molar-refractivity contribution >= 4 is 5.69 Å². The first-order valence-electron chi connectivity index (χ1n) is 6.70. The van der Waals surface area contributed by atoms with Gasteiger partial charge in [0.1, 0.15) is 5.82 Å². The Bertz CT molecular complexity index is 409. The SMILES string of the molecule is CC1CC(C)CN(c2c(F)cccc2[C@@H](C)O)C1. The second-order valence-corrected chi connectivity index (χ2v) is 5.70. The van der Waals surface area contributed by atoms with Crippen LogP contribution in [0.5, 0.6) is 0 Å². The topological polar surface area (TPSA) is 23.5 Å². The molecule has 1 aliphatic heterocycles. The molecular formula is C15H22FNO. The largest absolute Gasteiger partial charge is 0.389 e. The third-order valence-electron chi connectivity index (χ3n) is 3.65. The van der Waals surface area contributed by atoms with Crippen LogP contribution in [0.2, 0.25) is 0 Å². The Hall–Kier alpha value is -1.09. The van der Waals surface area contributed by atoms with Crippen molar-refractivity contribution in [3.63, 3.8) is 0 Å². The lowest BCUT2D eigenvalue weighted by molar-refractivity contribution is 0.198. The number of benzene rings is 1. The summed E-state index contributed by atoms with van der Waals surface area (Å²) in [4.78, 5) is 2.09. The summed E-state index contributed by atoms with van der Waals surface area (Å²) in [5, 5.41) is 9.80. The molecule has 18 heavy (non-hydrogen) atoms. The molecule has 1 fully saturated rings. The van der Waals surface area contributed by atoms with E-state index in [2.05, 4.69) is 18.7 Å². The van der Waals surface area contributed by atoms with Gasteiger partial charge >= 0.3 is 0 Å². The van der Waals surface area contributed by atoms with Crippen molar-refractivity contribution in [3.8, 4) is 0 Å². The fraction of sp³-hybridized carbons (Fsp3) is 0.600. The van der Waals surface area contributed by atoms with Gasteiger partial charge in [-0.2, -0.15) is 0 Å². The highest BCUT2D eigenvalue weighted by molar-refractivity contribution is 5.56. The van der Waals surface area contributed by atoms with E-state index in [1.54, 1.807) is 13.0 Å². The molecule has 2 rings (SSSR count). The molecule has 1 heterocycles. The molecule has 1 aromatic rings. The minimum atomic E-state index is -0.636. The normalized spacial score (nSPS) is 26.2. The van der Waals surface area contributed by atoms with E-state index < -0.39 is 6.10 Å². The fourth-order valence-electron chi connectivity index (χ4n) is 3.05. The van der Waals surface area contributed by atoms with Gasteiger partial charge in [0.25, 0.3) is 0 Å². The zero-order chi connectivity index (χ0) is 13.3. The van der Waals surface area contributed by atoms with Gasteiger partial charge in [-0.05, 0) is 31.2 Å². The summed E-state index contributed by atoms with van der Waals surface area (Å²) >= 11 is 0. The number of nitrogens with zero attached hydrogens (tertiary/aromatic N) is 1. The van der Waals surface area contributed by atoms with Gasteiger partial charge in [-0.15, -0.1) is 0 Å². The van der Waals surface area contributed by atoms with Crippen molar-refractivity contribution in [2.45, 2.75) is 33.3 Å². The van der Waals surface area contributed by atoms with Crippen molar-refractivity contribution in [1.29, 1.82) is 0 Å². The summed E-state index contributed by atoms with van der Waals surface area (Å²) in [6.45, 7) is 7.82. The standard InChI is InChI=1S/C15H22FNO/c1-10-7-11(2)9-17(8-10)15-13(12(3)18)5-4-6-14(15)16/h4-6,10-12,18H,7-9H2,1-3H3/t10?,11?,12-/m1/s1. The predicted molar refractivity (Wildman–Crippen MR) is 72.2 cm³/mol. The van der Waals surface area contributed by atoms with Crippen molar-refractivity contribution in [1.82, 2.24) is 0 Å². The van der Waals surface area contributed by atoms with E-state index in [9.17, 15) is 9.50 Å². The number of halogens is 1. The molecule has 0 aliphatic carbocycles. The molecule has 0 amide bonds. The van der Waals surface area contributed by atoms with E-state index >= 15 is 0 Å². The van der Waals surface area contributed by atoms with Gasteiger partial charge in [-0.3, -0.25) is 0 Å². The first-order valence-corrected chi connectivity index (χ1v) is 6.70. The third-order valence-corrected chi connectivity index (χ3v) is 3.65. The van der Waals surface area contributed by atoms with Gasteiger partial charge in [0.15, 0.2) is 0 Å². The molecule has 1 saturated heterocycles. The summed E-state index contributed by atoms with van der Waals surface area (Å²) in [6.07, 6.45) is 0.554. The third kappa shape index (κ3) is 2.66. The van der Waals surface area contributed by atoms with E-state index in [4.69, 9.17) is 0 Å². The lowest BCUT2D eigenvalue weighted by Crippen LogP contribution is -2.39. The number of para-hydroxylation sites is 1. The Morgan fingerprint density at radius 2 is 1.89 bits per heavy atom. The van der Waals surface area contributed by atoms with Gasteiger partial charge in [-0.1, -0.05) is 26.0 Å². The molecule has 2 nitrogen and oxygen atoms in total. The Morgan fingerprint density at radius 1 is 1.28 bits per heavy atom. The second kappa shape index (κ2) is 5.27. The summed E-state index contributed by atoms with van der Waals surface area (Å²) in [7, 11) is 0. The van der Waals surface area contributed by atoms with Crippen LogP contribution < -0.4 is 4.90 Å². The molecule has 0 bridgehead atoms. The number of hydrogen-bond donors (Lipinski definition) is 1. The van der Waals surface area contributed by atoms with Crippen LogP contribution in [0.1, 0.15) is 38.9 Å². The lowest BCUT2D eigenvalue weighted by atomic mass is 9.91. The van der Waals surface area contributed by atoms with Crippen LogP contribution in [0.4, 0.5) is 10.1 Å². The Balaban J connectivity index is 2.37. The average molecular weight is 251 g/mol. The highest BCUT2D eigenvalue weighted by Crippen LogP contribution is 2.33. The van der Waals surface area contributed by atoms with Crippen LogP contribution in [0, 0.1) is 17.7 Å². The molecule has 1 aromatic carbocycles. The number of aliphatic hydroxyl groups excluding tert-OH is 1. The number of hydrogen-bond acceptors (Lipinski definition) is 2. The quantitative estimate of drug-likeness (QED) is 0.871. The molecule has 1 aliphatic rings. The van der Waals surface area contributed by atoms with E-state index in [-0.39, 0.29) is 5.82 Å². The highest BCUT2D eigenvalue weighted by atomic mass is 19.1. The first kappa shape index (κ1) is 13.3. The number of rotatable bonds is 2. The maximum absolute atomic E-state index is 14.1. The summed E-state index contributed by atoms with van der Waals surface area (Å²) in [6, 6.07) is 4.95. The zero-order valence-corrected chi connectivity index (χ0v) is 11.4. The van der Waals surface area contributed by atoms with E-state index in [0.717, 1.165) is 13.1 Å². The molecule has 0 radical (unpaired) electrons. The number of piperidine rings is 1. The van der Waals surface area contributed by atoms with Crippen LogP contribution in [0.15, 0.2) is 18.2 Å². The summed E-state index contributed by atoms with van der Waals surface area (Å²) in [5.74, 6) is 0.903. The fourth-order valence-corrected chi connectivity index (χ4v) is 3.05. The monoisotopic (exact) mass is 251 g/mol. The van der Waals surface area contributed by atoms with Crippen molar-refractivity contribution in [2.75, 3.05) is 18.0 Å². The molecule has 0 spiro atoms. The average Bonchev–Trinajstić information content (AvgIpc) is 2.26. The lowest BCUT2D eigenvalue weighted by Gasteiger charge is -2.38. The van der Waals surface area contributed by atoms with Crippen molar-refractivity contribution < 1.29 is 9.50 Å². The van der Waals surface area contributed by atoms with Gasteiger partial charge in [0.05, 0.1) is 11.8 Å². The van der Waals surface area contributed by atoms with Crippen LogP contribution in [0.3, 0.4) is 0 Å². The Kier molecular flexibility index (Phi) is 3.91. The number of aliphatic hydroxyl groups is 1. The van der Waals surface area contributed by atoms with E-state index in [1.165, 1.54) is 12.5 Å². The molecule has 0 saturated carbocycles. The van der Waals surface area contributed by atoms with Gasteiger partial charge < -0.3 is 10.0 Å². The zero-order valence-electron chi connectivity index (χ0n) is 11.4. The smallest absolute Gasteiger partial charge is 0.146 e. The van der Waals surface area contributed by atoms with Gasteiger partial charge in [0, 0.05) is 18.7 Å². The highest BCUT2D eigenvalue weighted by Gasteiger charge is 2.26. The molecule has 100 valence electrons. The first-order chi connectivity index (χ1) is 8.49. The minimum Gasteiger partial charge on any atom is -0.389 e. The van der Waals surface area contributed by atoms with Crippen LogP contribution in [-0.2, 0) is 0 Å². The molecule has 0 aromatic heterocycles. The molecule has 3 atom stereocenters. The summed E-state index contributed by atoms with van der Waals surface area (Å²) < 4.78 is 14.1. The Morgan fingerprint density at radius 3 is 2.44 bits per heavy atom. The van der Waals surface area contributed by atoms with E-state index in [1.807, 2.05) is 6.07 Å². The second-order valence-electron chi connectivity index (χ2n) is 5.70. The van der Waals surface area contributed by atoms with Gasteiger partial charge in [0.2, 0.25) is 0 Å². The maximum atomic E-state index is 14.1. The van der Waals surface area contributed by atoms with Crippen LogP contribution in [-0.4, -0.2) is 18.2 Å².